The van der Waals surface area contributed by atoms with Crippen molar-refractivity contribution in [2.45, 2.75) is 38.3 Å². The van der Waals surface area contributed by atoms with Gasteiger partial charge < -0.3 is 5.11 Å². The first-order chi connectivity index (χ1) is 14.1. The minimum Gasteiger partial charge on any atom is -0.508 e. The molecule has 150 valence electrons. The van der Waals surface area contributed by atoms with Crippen molar-refractivity contribution in [3.8, 4) is 5.75 Å². The molecule has 2 nitrogen and oxygen atoms in total. The third-order valence-corrected chi connectivity index (χ3v) is 7.09. The van der Waals surface area contributed by atoms with Crippen molar-refractivity contribution in [2.75, 3.05) is 7.05 Å². The molecule has 3 heteroatoms. The van der Waals surface area contributed by atoms with Crippen LogP contribution in [0.2, 0.25) is 0 Å². The highest BCUT2D eigenvalue weighted by atomic mass is 31.1. The zero-order valence-electron chi connectivity index (χ0n) is 17.5. The molecule has 0 fully saturated rings. The van der Waals surface area contributed by atoms with Gasteiger partial charge in [-0.1, -0.05) is 95.6 Å². The number of rotatable bonds is 8. The lowest BCUT2D eigenvalue weighted by molar-refractivity contribution is 0.453. The predicted molar refractivity (Wildman–Crippen MR) is 128 cm³/mol. The average molecular weight is 404 g/mol. The molecule has 2 atom stereocenters. The summed E-state index contributed by atoms with van der Waals surface area (Å²) in [5.74, 6) is 0.395. The predicted octanol–water partition coefficient (Wildman–Crippen LogP) is 6.05. The van der Waals surface area contributed by atoms with Gasteiger partial charge in [0.1, 0.15) is 5.75 Å². The Morgan fingerprint density at radius 2 is 1.69 bits per heavy atom. The highest BCUT2D eigenvalue weighted by Gasteiger charge is 2.30. The molecule has 0 bridgehead atoms. The zero-order chi connectivity index (χ0) is 20.7. The maximum absolute atomic E-state index is 10.8. The largest absolute Gasteiger partial charge is 0.508 e. The van der Waals surface area contributed by atoms with Crippen LogP contribution in [0.25, 0.3) is 0 Å². The summed E-state index contributed by atoms with van der Waals surface area (Å²) in [7, 11) is 2.36. The van der Waals surface area contributed by atoms with E-state index >= 15 is 0 Å². The Kier molecular flexibility index (Phi) is 7.23. The van der Waals surface area contributed by atoms with E-state index in [0.717, 1.165) is 30.4 Å². The van der Waals surface area contributed by atoms with E-state index in [4.69, 9.17) is 0 Å². The van der Waals surface area contributed by atoms with Crippen LogP contribution in [0.3, 0.4) is 0 Å². The molecular formula is C26H30NOP. The molecule has 0 aliphatic carbocycles. The minimum absolute atomic E-state index is 0.122. The van der Waals surface area contributed by atoms with Gasteiger partial charge in [-0.3, -0.25) is 4.99 Å². The Hall–Kier alpha value is -2.44. The Balaban J connectivity index is 1.98. The van der Waals surface area contributed by atoms with Crippen molar-refractivity contribution < 1.29 is 5.11 Å². The summed E-state index contributed by atoms with van der Waals surface area (Å²) in [6, 6.07) is 25.1. The van der Waals surface area contributed by atoms with E-state index < -0.39 is 0 Å². The van der Waals surface area contributed by atoms with E-state index in [9.17, 15) is 5.11 Å². The first-order valence-electron chi connectivity index (χ1n) is 10.2. The number of hydrogen-bond acceptors (Lipinski definition) is 2. The van der Waals surface area contributed by atoms with Crippen LogP contribution in [0.4, 0.5) is 0 Å². The van der Waals surface area contributed by atoms with Crippen molar-refractivity contribution in [1.82, 2.24) is 0 Å². The minimum atomic E-state index is -0.122. The molecule has 2 unspecified atom stereocenters. The van der Waals surface area contributed by atoms with Gasteiger partial charge in [-0.25, -0.2) is 0 Å². The molecule has 0 aliphatic heterocycles. The number of hydrogen-bond donors (Lipinski definition) is 1. The van der Waals surface area contributed by atoms with Gasteiger partial charge in [-0.05, 0) is 40.9 Å². The van der Waals surface area contributed by atoms with Crippen LogP contribution in [0, 0.1) is 0 Å². The Morgan fingerprint density at radius 1 is 0.966 bits per heavy atom. The van der Waals surface area contributed by atoms with E-state index in [1.807, 2.05) is 31.5 Å². The summed E-state index contributed by atoms with van der Waals surface area (Å²) in [4.78, 5) is 4.22. The van der Waals surface area contributed by atoms with E-state index in [1.165, 1.54) is 16.4 Å². The molecule has 0 aliphatic rings. The van der Waals surface area contributed by atoms with Crippen LogP contribution in [-0.2, 0) is 11.6 Å². The first kappa shape index (κ1) is 21.3. The summed E-state index contributed by atoms with van der Waals surface area (Å²) >= 11 is 0. The molecule has 0 aromatic heterocycles. The number of phenolic OH excluding ortho intramolecular Hbond substituents is 1. The third kappa shape index (κ3) is 5.34. The SMILES string of the molecule is CCCC(C)(Pc1ccccc1/C=N/C)c1cc(Cc2ccccc2)ccc1O. The summed E-state index contributed by atoms with van der Waals surface area (Å²) in [5, 5.41) is 12.0. The van der Waals surface area contributed by atoms with Crippen molar-refractivity contribution >= 4 is 20.1 Å². The lowest BCUT2D eigenvalue weighted by atomic mass is 9.91. The standard InChI is InChI=1S/C26H30NOP/c1-4-16-26(2,29-25-13-9-8-12-22(25)19-27-3)23-18-21(14-15-24(23)28)17-20-10-6-5-7-11-20/h5-15,18-19,28-29H,4,16-17H2,1-3H3/b27-19+. The molecule has 0 saturated heterocycles. The molecule has 0 saturated carbocycles. The average Bonchev–Trinajstić information content (AvgIpc) is 2.72. The molecular weight excluding hydrogens is 373 g/mol. The van der Waals surface area contributed by atoms with Gasteiger partial charge >= 0.3 is 0 Å². The van der Waals surface area contributed by atoms with Crippen LogP contribution < -0.4 is 5.30 Å². The highest BCUT2D eigenvalue weighted by Crippen LogP contribution is 2.48. The van der Waals surface area contributed by atoms with E-state index in [-0.39, 0.29) is 5.16 Å². The third-order valence-electron chi connectivity index (χ3n) is 5.30. The summed E-state index contributed by atoms with van der Waals surface area (Å²) in [6.45, 7) is 4.50. The molecule has 29 heavy (non-hydrogen) atoms. The monoisotopic (exact) mass is 403 g/mol. The normalized spacial score (nSPS) is 13.9. The van der Waals surface area contributed by atoms with Gasteiger partial charge in [0.15, 0.2) is 0 Å². The molecule has 0 heterocycles. The van der Waals surface area contributed by atoms with Crippen molar-refractivity contribution in [1.29, 1.82) is 0 Å². The maximum atomic E-state index is 10.8. The molecule has 3 rings (SSSR count). The molecule has 3 aromatic carbocycles. The maximum Gasteiger partial charge on any atom is 0.119 e. The van der Waals surface area contributed by atoms with Gasteiger partial charge in [0.2, 0.25) is 0 Å². The van der Waals surface area contributed by atoms with Crippen LogP contribution >= 0.6 is 8.58 Å². The van der Waals surface area contributed by atoms with Gasteiger partial charge in [0.05, 0.1) is 0 Å². The van der Waals surface area contributed by atoms with Gasteiger partial charge in [0, 0.05) is 24.0 Å². The molecule has 1 N–H and O–H groups in total. The Labute approximate surface area is 176 Å². The second-order valence-electron chi connectivity index (χ2n) is 7.70. The second-order valence-corrected chi connectivity index (χ2v) is 9.59. The molecule has 0 amide bonds. The van der Waals surface area contributed by atoms with Crippen LogP contribution in [-0.4, -0.2) is 18.4 Å². The fourth-order valence-corrected chi connectivity index (χ4v) is 5.67. The number of aromatic hydroxyl groups is 1. The first-order valence-corrected chi connectivity index (χ1v) is 11.2. The van der Waals surface area contributed by atoms with Crippen LogP contribution in [0.5, 0.6) is 5.75 Å². The molecule has 0 radical (unpaired) electrons. The summed E-state index contributed by atoms with van der Waals surface area (Å²) in [5.41, 5.74) is 4.73. The highest BCUT2D eigenvalue weighted by molar-refractivity contribution is 7.48. The number of nitrogens with zero attached hydrogens (tertiary/aromatic N) is 1. The van der Waals surface area contributed by atoms with E-state index in [2.05, 4.69) is 73.4 Å². The Morgan fingerprint density at radius 3 is 2.41 bits per heavy atom. The lowest BCUT2D eigenvalue weighted by Crippen LogP contribution is -2.21. The summed E-state index contributed by atoms with van der Waals surface area (Å²) in [6.07, 6.45) is 4.89. The van der Waals surface area contributed by atoms with E-state index in [0.29, 0.717) is 14.3 Å². The number of phenols is 1. The van der Waals surface area contributed by atoms with Crippen molar-refractivity contribution in [3.05, 3.63) is 95.1 Å². The number of benzene rings is 3. The van der Waals surface area contributed by atoms with E-state index in [1.54, 1.807) is 0 Å². The zero-order valence-corrected chi connectivity index (χ0v) is 18.5. The summed E-state index contributed by atoms with van der Waals surface area (Å²) < 4.78 is 0. The quantitative estimate of drug-likeness (QED) is 0.360. The van der Waals surface area contributed by atoms with Crippen LogP contribution in [0.1, 0.15) is 48.9 Å². The topological polar surface area (TPSA) is 32.6 Å². The smallest absolute Gasteiger partial charge is 0.119 e. The van der Waals surface area contributed by atoms with Gasteiger partial charge in [-0.2, -0.15) is 0 Å². The second kappa shape index (κ2) is 9.85. The van der Waals surface area contributed by atoms with Crippen LogP contribution in [0.15, 0.2) is 77.8 Å². The Bertz CT molecular complexity index is 967. The fourth-order valence-electron chi connectivity index (χ4n) is 3.89. The fraction of sp³-hybridized carbons (Fsp3) is 0.269. The molecule has 0 spiro atoms. The molecule has 3 aromatic rings. The van der Waals surface area contributed by atoms with Gasteiger partial charge in [0.25, 0.3) is 0 Å². The number of aliphatic imine (C=N–C) groups is 1. The van der Waals surface area contributed by atoms with Crippen molar-refractivity contribution in [3.63, 3.8) is 0 Å². The van der Waals surface area contributed by atoms with Gasteiger partial charge in [-0.15, -0.1) is 0 Å². The lowest BCUT2D eigenvalue weighted by Gasteiger charge is -2.32. The van der Waals surface area contributed by atoms with Crippen molar-refractivity contribution in [2.24, 2.45) is 4.99 Å².